The van der Waals surface area contributed by atoms with Crippen LogP contribution in [0.5, 0.6) is 0 Å². The lowest BCUT2D eigenvalue weighted by Gasteiger charge is -2.14. The number of aromatic amines is 1. The van der Waals surface area contributed by atoms with Crippen LogP contribution in [0.15, 0.2) is 12.1 Å². The van der Waals surface area contributed by atoms with Crippen molar-refractivity contribution < 1.29 is 19.1 Å². The van der Waals surface area contributed by atoms with E-state index in [2.05, 4.69) is 25.2 Å². The van der Waals surface area contributed by atoms with Crippen molar-refractivity contribution in [3.63, 3.8) is 0 Å². The number of ether oxygens (including phenoxy) is 2. The molecule has 0 saturated heterocycles. The molecule has 0 saturated carbocycles. The van der Waals surface area contributed by atoms with Crippen LogP contribution in [0.1, 0.15) is 32.9 Å². The number of carbonyl (C=O) groups excluding carboxylic acids is 2. The van der Waals surface area contributed by atoms with E-state index in [0.717, 1.165) is 0 Å². The Morgan fingerprint density at radius 3 is 2.35 bits per heavy atom. The van der Waals surface area contributed by atoms with Gasteiger partial charge in [0.1, 0.15) is 11.6 Å². The molecule has 2 heterocycles. The Labute approximate surface area is 192 Å². The highest BCUT2D eigenvalue weighted by atomic mass is 35.5. The number of fused-ring (bicyclic) bond motifs is 1. The molecule has 0 atom stereocenters. The molecule has 0 aliphatic rings. The van der Waals surface area contributed by atoms with Crippen molar-refractivity contribution in [2.75, 3.05) is 19.0 Å². The van der Waals surface area contributed by atoms with Crippen molar-refractivity contribution in [2.24, 2.45) is 0 Å². The summed E-state index contributed by atoms with van der Waals surface area (Å²) in [6, 6.07) is 3.00. The molecule has 0 unspecified atom stereocenters. The van der Waals surface area contributed by atoms with Crippen LogP contribution in [-0.4, -0.2) is 45.6 Å². The number of benzene rings is 1. The summed E-state index contributed by atoms with van der Waals surface area (Å²) in [5.41, 5.74) is 1.71. The number of aromatic nitrogens is 4. The topological polar surface area (TPSA) is 111 Å². The first-order chi connectivity index (χ1) is 14.5. The van der Waals surface area contributed by atoms with Gasteiger partial charge in [-0.3, -0.25) is 10.1 Å². The number of amides is 1. The highest BCUT2D eigenvalue weighted by molar-refractivity contribution is 6.39. The van der Waals surface area contributed by atoms with Crippen molar-refractivity contribution in [1.82, 2.24) is 19.8 Å². The Morgan fingerprint density at radius 2 is 1.81 bits per heavy atom. The molecule has 0 spiro atoms. The van der Waals surface area contributed by atoms with Crippen molar-refractivity contribution in [1.29, 1.82) is 0 Å². The van der Waals surface area contributed by atoms with Gasteiger partial charge >= 0.3 is 12.1 Å². The first-order valence-corrected chi connectivity index (χ1v) is 10.3. The fourth-order valence-corrected chi connectivity index (χ4v) is 3.85. The molecule has 0 fully saturated rings. The molecule has 3 aromatic rings. The molecule has 12 heteroatoms. The van der Waals surface area contributed by atoms with Crippen LogP contribution in [0.25, 0.3) is 17.0 Å². The van der Waals surface area contributed by atoms with E-state index in [0.29, 0.717) is 33.4 Å². The molecule has 31 heavy (non-hydrogen) atoms. The Bertz CT molecular complexity index is 1130. The summed E-state index contributed by atoms with van der Waals surface area (Å²) in [4.78, 5) is 26.0. The molecule has 3 rings (SSSR count). The third kappa shape index (κ3) is 5.06. The molecule has 9 nitrogen and oxygen atoms in total. The summed E-state index contributed by atoms with van der Waals surface area (Å²) >= 11 is 19.3. The number of nitrogens with zero attached hydrogens (tertiary/aromatic N) is 3. The molecule has 2 aromatic heterocycles. The maximum Gasteiger partial charge on any atom is 0.411 e. The summed E-state index contributed by atoms with van der Waals surface area (Å²) < 4.78 is 10.8. The largest absolute Gasteiger partial charge is 0.469 e. The summed E-state index contributed by atoms with van der Waals surface area (Å²) in [7, 11) is 1.25. The molecular weight excluding hydrogens is 469 g/mol. The minimum Gasteiger partial charge on any atom is -0.469 e. The predicted molar refractivity (Wildman–Crippen MR) is 118 cm³/mol. The van der Waals surface area contributed by atoms with Gasteiger partial charge in [0.2, 0.25) is 0 Å². The zero-order chi connectivity index (χ0) is 22.9. The molecule has 0 aliphatic heterocycles. The number of carbonyl (C=O) groups is 2. The van der Waals surface area contributed by atoms with Crippen molar-refractivity contribution in [2.45, 2.75) is 32.6 Å². The minimum absolute atomic E-state index is 0.0514. The average Bonchev–Trinajstić information content (AvgIpc) is 3.20. The number of rotatable bonds is 5. The molecule has 0 aliphatic carbocycles. The number of anilines is 1. The number of methoxy groups -OCH3 is 1. The van der Waals surface area contributed by atoms with E-state index in [1.807, 2.05) is 20.8 Å². The third-order valence-electron chi connectivity index (χ3n) is 4.24. The van der Waals surface area contributed by atoms with Crippen LogP contribution in [-0.2, 0) is 19.7 Å². The second kappa shape index (κ2) is 8.94. The fourth-order valence-electron chi connectivity index (χ4n) is 2.74. The minimum atomic E-state index is -0.762. The summed E-state index contributed by atoms with van der Waals surface area (Å²) in [6.45, 7) is 5.88. The Balaban J connectivity index is 1.81. The maximum absolute atomic E-state index is 11.9. The van der Waals surface area contributed by atoms with Crippen molar-refractivity contribution in [3.05, 3.63) is 32.9 Å². The van der Waals surface area contributed by atoms with Gasteiger partial charge < -0.3 is 14.5 Å². The lowest BCUT2D eigenvalue weighted by Crippen LogP contribution is -2.16. The van der Waals surface area contributed by atoms with E-state index in [1.54, 1.807) is 0 Å². The van der Waals surface area contributed by atoms with Gasteiger partial charge in [-0.15, -0.1) is 9.73 Å². The number of nitrogens with one attached hydrogen (secondary N) is 2. The van der Waals surface area contributed by atoms with Gasteiger partial charge in [0.25, 0.3) is 0 Å². The van der Waals surface area contributed by atoms with Crippen LogP contribution >= 0.6 is 34.8 Å². The van der Waals surface area contributed by atoms with Crippen LogP contribution < -0.4 is 5.32 Å². The summed E-state index contributed by atoms with van der Waals surface area (Å²) in [6.07, 6.45) is -0.814. The Morgan fingerprint density at radius 1 is 1.16 bits per heavy atom. The number of halogens is 3. The second-order valence-corrected chi connectivity index (χ2v) is 8.82. The van der Waals surface area contributed by atoms with Crippen LogP contribution in [0.2, 0.25) is 15.1 Å². The van der Waals surface area contributed by atoms with E-state index in [1.165, 1.54) is 23.9 Å². The lowest BCUT2D eigenvalue weighted by atomic mass is 9.92. The van der Waals surface area contributed by atoms with Crippen LogP contribution in [0.3, 0.4) is 0 Å². The average molecular weight is 489 g/mol. The molecule has 0 bridgehead atoms. The molecule has 0 radical (unpaired) electrons. The standard InChI is InChI=1S/C19H20Cl3N5O4/c1-19(2,3)15-14(22)17-24-16(26-27(17)25-15)13-10(20)7-9(8-11(13)21)23-18(29)31-6-5-12(28)30-4/h7-8H,5-6H2,1-4H3,(H,23,29)(H,24,26). The van der Waals surface area contributed by atoms with Gasteiger partial charge in [-0.2, -0.15) is 5.10 Å². The van der Waals surface area contributed by atoms with Gasteiger partial charge in [-0.1, -0.05) is 55.6 Å². The zero-order valence-electron chi connectivity index (χ0n) is 17.2. The first kappa shape index (κ1) is 23.2. The molecular formula is C19H20Cl3N5O4. The Hall–Kier alpha value is -2.49. The summed E-state index contributed by atoms with van der Waals surface area (Å²) in [5.74, 6) is -0.116. The van der Waals surface area contributed by atoms with Gasteiger partial charge in [-0.25, -0.2) is 4.79 Å². The monoisotopic (exact) mass is 487 g/mol. The lowest BCUT2D eigenvalue weighted by molar-refractivity contribution is -0.141. The Kier molecular flexibility index (Phi) is 6.68. The number of esters is 1. The maximum atomic E-state index is 11.9. The molecule has 1 amide bonds. The van der Waals surface area contributed by atoms with E-state index in [9.17, 15) is 9.59 Å². The molecule has 2 N–H and O–H groups in total. The van der Waals surface area contributed by atoms with E-state index in [-0.39, 0.29) is 28.5 Å². The summed E-state index contributed by atoms with van der Waals surface area (Å²) in [5, 5.41) is 12.3. The number of H-pyrrole nitrogens is 1. The SMILES string of the molecule is COC(=O)CCOC(=O)Nc1cc(Cl)c(-c2nn3nc(C(C)(C)C)c(Cl)c3[nH]2)c(Cl)c1. The zero-order valence-corrected chi connectivity index (χ0v) is 19.4. The van der Waals surface area contributed by atoms with E-state index >= 15 is 0 Å². The van der Waals surface area contributed by atoms with Gasteiger partial charge in [-0.05, 0) is 12.1 Å². The molecule has 1 aromatic carbocycles. The van der Waals surface area contributed by atoms with Gasteiger partial charge in [0.15, 0.2) is 11.5 Å². The predicted octanol–water partition coefficient (Wildman–Crippen LogP) is 5.09. The van der Waals surface area contributed by atoms with Crippen LogP contribution in [0.4, 0.5) is 10.5 Å². The van der Waals surface area contributed by atoms with Crippen LogP contribution in [0, 0.1) is 0 Å². The normalized spacial score (nSPS) is 11.6. The smallest absolute Gasteiger partial charge is 0.411 e. The van der Waals surface area contributed by atoms with Crippen molar-refractivity contribution >= 4 is 58.2 Å². The third-order valence-corrected chi connectivity index (χ3v) is 5.20. The first-order valence-electron chi connectivity index (χ1n) is 9.16. The number of hydrogen-bond acceptors (Lipinski definition) is 6. The van der Waals surface area contributed by atoms with Crippen molar-refractivity contribution in [3.8, 4) is 11.4 Å². The van der Waals surface area contributed by atoms with E-state index in [4.69, 9.17) is 39.5 Å². The quantitative estimate of drug-likeness (QED) is 0.484. The van der Waals surface area contributed by atoms with E-state index < -0.39 is 12.1 Å². The second-order valence-electron chi connectivity index (χ2n) is 7.63. The highest BCUT2D eigenvalue weighted by Gasteiger charge is 2.26. The van der Waals surface area contributed by atoms with Gasteiger partial charge in [0.05, 0.1) is 34.8 Å². The molecule has 166 valence electrons. The highest BCUT2D eigenvalue weighted by Crippen LogP contribution is 2.37. The van der Waals surface area contributed by atoms with Gasteiger partial charge in [0, 0.05) is 11.1 Å². The fraction of sp³-hybridized carbons (Fsp3) is 0.368. The number of hydrogen-bond donors (Lipinski definition) is 2.